The molecule has 2 nitrogen and oxygen atoms in total. The van der Waals surface area contributed by atoms with Gasteiger partial charge in [-0.05, 0) is 54.9 Å². The maximum Gasteiger partial charge on any atom is 0.344 e. The lowest BCUT2D eigenvalue weighted by Gasteiger charge is -2.30. The Balaban J connectivity index is 1.71. The summed E-state index contributed by atoms with van der Waals surface area (Å²) >= 11 is 18.5. The predicted molar refractivity (Wildman–Crippen MR) is 75.0 cm³/mol. The predicted octanol–water partition coefficient (Wildman–Crippen LogP) is 4.01. The fourth-order valence-electron chi connectivity index (χ4n) is 4.62. The molecule has 0 radical (unpaired) electrons. The van der Waals surface area contributed by atoms with E-state index in [0.717, 1.165) is 25.2 Å². The monoisotopic (exact) mass is 326 g/mol. The summed E-state index contributed by atoms with van der Waals surface area (Å²) in [6.07, 6.45) is 4.48. The van der Waals surface area contributed by atoms with E-state index in [-0.39, 0.29) is 12.1 Å². The Hall–Kier alpha value is 0.557. The van der Waals surface area contributed by atoms with Crippen molar-refractivity contribution >= 4 is 45.2 Å². The zero-order valence-electron chi connectivity index (χ0n) is 10.2. The molecule has 6 unspecified atom stereocenters. The van der Waals surface area contributed by atoms with E-state index in [1.54, 1.807) is 0 Å². The maximum absolute atomic E-state index is 11.1. The Morgan fingerprint density at radius 3 is 2.33 bits per heavy atom. The van der Waals surface area contributed by atoms with E-state index in [4.69, 9.17) is 38.0 Å². The third-order valence-electron chi connectivity index (χ3n) is 5.19. The highest BCUT2D eigenvalue weighted by Crippen LogP contribution is 2.64. The van der Waals surface area contributed by atoms with Crippen LogP contribution >= 0.6 is 33.2 Å². The summed E-state index contributed by atoms with van der Waals surface area (Å²) in [6.45, 7) is 1.50. The Labute approximate surface area is 122 Å². The van der Waals surface area contributed by atoms with Gasteiger partial charge in [-0.3, -0.25) is 4.79 Å². The Kier molecular flexibility index (Phi) is 3.41. The van der Waals surface area contributed by atoms with Crippen LogP contribution in [-0.2, 0) is 9.53 Å². The van der Waals surface area contributed by atoms with E-state index in [1.807, 2.05) is 0 Å². The van der Waals surface area contributed by atoms with Gasteiger partial charge in [-0.25, -0.2) is 0 Å². The summed E-state index contributed by atoms with van der Waals surface area (Å²) in [5.41, 5.74) is 0.305. The summed E-state index contributed by atoms with van der Waals surface area (Å²) in [4.78, 5) is 11.1. The highest BCUT2D eigenvalue weighted by molar-refractivity contribution is 7.65. The van der Waals surface area contributed by atoms with Crippen LogP contribution in [0.4, 0.5) is 0 Å². The van der Waals surface area contributed by atoms with Crippen molar-refractivity contribution in [1.82, 2.24) is 0 Å². The molecule has 0 heterocycles. The molecule has 0 spiro atoms. The van der Waals surface area contributed by atoms with Crippen LogP contribution in [-0.4, -0.2) is 18.1 Å². The van der Waals surface area contributed by atoms with E-state index in [9.17, 15) is 4.79 Å². The number of ether oxygens (including phenoxy) is 1. The van der Waals surface area contributed by atoms with Crippen molar-refractivity contribution in [3.63, 3.8) is 0 Å². The molecule has 0 aromatic rings. The van der Waals surface area contributed by atoms with Gasteiger partial charge in [0, 0.05) is 6.92 Å². The zero-order chi connectivity index (χ0) is 13.1. The minimum atomic E-state index is -2.57. The first-order valence-electron chi connectivity index (χ1n) is 6.60. The maximum atomic E-state index is 11.1. The summed E-state index contributed by atoms with van der Waals surface area (Å²) in [5, 5.41) is 0. The van der Waals surface area contributed by atoms with Gasteiger partial charge in [-0.2, -0.15) is 0 Å². The lowest BCUT2D eigenvalue weighted by atomic mass is 9.80. The Morgan fingerprint density at radius 1 is 1.06 bits per heavy atom. The summed E-state index contributed by atoms with van der Waals surface area (Å²) < 4.78 is 5.45. The van der Waals surface area contributed by atoms with Gasteiger partial charge in [0.2, 0.25) is 0 Å². The minimum Gasteiger partial charge on any atom is -0.462 e. The Bertz CT molecular complexity index is 371. The average Bonchev–Trinajstić information content (AvgIpc) is 2.81. The Morgan fingerprint density at radius 2 is 1.72 bits per heavy atom. The molecule has 6 heteroatoms. The molecule has 6 atom stereocenters. The average molecular weight is 328 g/mol. The molecule has 0 saturated heterocycles. The summed E-state index contributed by atoms with van der Waals surface area (Å²) in [7, 11) is 0. The van der Waals surface area contributed by atoms with Crippen molar-refractivity contribution < 1.29 is 9.53 Å². The zero-order valence-corrected chi connectivity index (χ0v) is 13.5. The molecular weight excluding hydrogens is 311 g/mol. The molecule has 3 aliphatic rings. The molecule has 0 aliphatic heterocycles. The van der Waals surface area contributed by atoms with E-state index >= 15 is 0 Å². The second-order valence-electron chi connectivity index (χ2n) is 6.08. The van der Waals surface area contributed by atoms with Gasteiger partial charge in [0.25, 0.3) is 0 Å². The molecule has 3 fully saturated rings. The van der Waals surface area contributed by atoms with Crippen molar-refractivity contribution in [2.75, 3.05) is 0 Å². The fourth-order valence-corrected chi connectivity index (χ4v) is 7.31. The first-order valence-corrected chi connectivity index (χ1v) is 11.7. The number of hydrogen-bond acceptors (Lipinski definition) is 2. The van der Waals surface area contributed by atoms with E-state index in [1.165, 1.54) is 13.3 Å². The molecule has 3 aliphatic carbocycles. The summed E-state index contributed by atoms with van der Waals surface area (Å²) in [6, 6.07) is -2.57. The van der Waals surface area contributed by atoms with Gasteiger partial charge in [-0.15, -0.1) is 33.2 Å². The smallest absolute Gasteiger partial charge is 0.344 e. The minimum absolute atomic E-state index is 0.129. The highest BCUT2D eigenvalue weighted by Gasteiger charge is 2.59. The molecule has 2 bridgehead atoms. The largest absolute Gasteiger partial charge is 0.462 e. The van der Waals surface area contributed by atoms with Crippen molar-refractivity contribution in [2.24, 2.45) is 23.7 Å². The molecule has 102 valence electrons. The number of fused-ring (bicyclic) bond motifs is 5. The molecule has 3 rings (SSSR count). The molecule has 0 aromatic carbocycles. The van der Waals surface area contributed by atoms with E-state index in [2.05, 4.69) is 0 Å². The van der Waals surface area contributed by atoms with Crippen LogP contribution in [0, 0.1) is 23.7 Å². The van der Waals surface area contributed by atoms with Crippen molar-refractivity contribution in [2.45, 2.75) is 44.3 Å². The van der Waals surface area contributed by atoms with Crippen LogP contribution in [0.1, 0.15) is 32.6 Å². The van der Waals surface area contributed by atoms with Crippen LogP contribution < -0.4 is 0 Å². The van der Waals surface area contributed by atoms with Gasteiger partial charge >= 0.3 is 12.0 Å². The number of rotatable bonds is 2. The third-order valence-corrected chi connectivity index (χ3v) is 9.36. The first kappa shape index (κ1) is 13.5. The molecular formula is C12H17Cl3O2Si. The molecule has 3 saturated carbocycles. The summed E-state index contributed by atoms with van der Waals surface area (Å²) in [5.74, 6) is 2.40. The number of carbonyl (C=O) groups is 1. The molecule has 0 amide bonds. The van der Waals surface area contributed by atoms with Crippen LogP contribution in [0.25, 0.3) is 0 Å². The number of esters is 1. The van der Waals surface area contributed by atoms with Gasteiger partial charge in [0.15, 0.2) is 0 Å². The lowest BCUT2D eigenvalue weighted by molar-refractivity contribution is -0.150. The van der Waals surface area contributed by atoms with Crippen LogP contribution in [0.3, 0.4) is 0 Å². The topological polar surface area (TPSA) is 26.3 Å². The van der Waals surface area contributed by atoms with E-state index in [0.29, 0.717) is 23.3 Å². The van der Waals surface area contributed by atoms with Crippen molar-refractivity contribution in [3.8, 4) is 0 Å². The number of hydrogen-bond donors (Lipinski definition) is 0. The second kappa shape index (κ2) is 4.54. The van der Waals surface area contributed by atoms with Gasteiger partial charge in [-0.1, -0.05) is 0 Å². The quantitative estimate of drug-likeness (QED) is 0.435. The molecule has 0 aromatic heterocycles. The highest BCUT2D eigenvalue weighted by atomic mass is 35.8. The third kappa shape index (κ3) is 2.21. The van der Waals surface area contributed by atoms with Gasteiger partial charge in [0.1, 0.15) is 6.10 Å². The number of carbonyl (C=O) groups excluding carboxylic acids is 1. The van der Waals surface area contributed by atoms with E-state index < -0.39 is 6.00 Å². The molecule has 18 heavy (non-hydrogen) atoms. The fraction of sp³-hybridized carbons (Fsp3) is 0.917. The van der Waals surface area contributed by atoms with Crippen LogP contribution in [0.5, 0.6) is 0 Å². The van der Waals surface area contributed by atoms with Gasteiger partial charge < -0.3 is 4.74 Å². The normalized spacial score (nSPS) is 46.2. The number of halogens is 3. The first-order chi connectivity index (χ1) is 8.36. The van der Waals surface area contributed by atoms with Crippen LogP contribution in [0.2, 0.25) is 5.54 Å². The lowest BCUT2D eigenvalue weighted by Crippen LogP contribution is -2.31. The molecule has 0 N–H and O–H groups in total. The van der Waals surface area contributed by atoms with Crippen LogP contribution in [0.15, 0.2) is 0 Å². The second-order valence-corrected chi connectivity index (χ2v) is 15.1. The SMILES string of the molecule is CC(=O)OC1CC2CC1C1CC([Si](Cl)(Cl)Cl)CC21. The van der Waals surface area contributed by atoms with Gasteiger partial charge in [0.05, 0.1) is 0 Å². The van der Waals surface area contributed by atoms with Crippen molar-refractivity contribution in [1.29, 1.82) is 0 Å². The van der Waals surface area contributed by atoms with Crippen molar-refractivity contribution in [3.05, 3.63) is 0 Å². The standard InChI is InChI=1S/C12H17Cl3O2Si/c1-6(16)17-12-3-7-2-11(12)10-5-8(4-9(7)10)18(13,14)15/h7-12H,2-5H2,1H3.